The summed E-state index contributed by atoms with van der Waals surface area (Å²) in [6, 6.07) is 17.0. The van der Waals surface area contributed by atoms with Gasteiger partial charge < -0.3 is 5.32 Å². The molecule has 21 heavy (non-hydrogen) atoms. The van der Waals surface area contributed by atoms with Crippen LogP contribution in [-0.2, 0) is 9.59 Å². The molecule has 1 amide bonds. The summed E-state index contributed by atoms with van der Waals surface area (Å²) >= 11 is 6.23. The van der Waals surface area contributed by atoms with Crippen molar-refractivity contribution in [2.75, 3.05) is 6.54 Å². The van der Waals surface area contributed by atoms with Gasteiger partial charge in [-0.05, 0) is 23.6 Å². The Morgan fingerprint density at radius 1 is 1.05 bits per heavy atom. The minimum absolute atomic E-state index is 0.397. The summed E-state index contributed by atoms with van der Waals surface area (Å²) in [7, 11) is 0. The van der Waals surface area contributed by atoms with Gasteiger partial charge in [0, 0.05) is 6.54 Å². The van der Waals surface area contributed by atoms with E-state index in [-0.39, 0.29) is 0 Å². The number of carbonyl (C=O) groups excluding carboxylic acids is 2. The molecule has 2 aromatic rings. The van der Waals surface area contributed by atoms with Crippen LogP contribution in [0.25, 0.3) is 11.1 Å². The second kappa shape index (κ2) is 7.04. The summed E-state index contributed by atoms with van der Waals surface area (Å²) in [6.45, 7) is 2.15. The third-order valence-corrected chi connectivity index (χ3v) is 3.54. The standard InChI is InChI=1S/C17H16ClNO2/c1-2-19-17(21)16(20)15(18)14-11-7-6-10-13(14)12-8-4-3-5-9-12/h3-11,15H,2H2,1H3,(H,19,21). The van der Waals surface area contributed by atoms with Gasteiger partial charge in [-0.25, -0.2) is 0 Å². The quantitative estimate of drug-likeness (QED) is 0.680. The summed E-state index contributed by atoms with van der Waals surface area (Å²) in [5.41, 5.74) is 2.46. The Morgan fingerprint density at radius 2 is 1.67 bits per heavy atom. The van der Waals surface area contributed by atoms with E-state index in [1.54, 1.807) is 13.0 Å². The summed E-state index contributed by atoms with van der Waals surface area (Å²) in [5, 5.41) is 1.49. The molecule has 1 N–H and O–H groups in total. The van der Waals surface area contributed by atoms with Crippen LogP contribution in [0.1, 0.15) is 17.9 Å². The number of alkyl halides is 1. The second-order valence-corrected chi connectivity index (χ2v) is 4.98. The largest absolute Gasteiger partial charge is 0.350 e. The fraction of sp³-hybridized carbons (Fsp3) is 0.176. The number of ketones is 1. The maximum absolute atomic E-state index is 12.1. The minimum Gasteiger partial charge on any atom is -0.350 e. The number of hydrogen-bond acceptors (Lipinski definition) is 2. The number of halogens is 1. The lowest BCUT2D eigenvalue weighted by molar-refractivity contribution is -0.137. The molecule has 0 bridgehead atoms. The Morgan fingerprint density at radius 3 is 2.33 bits per heavy atom. The Balaban J connectivity index is 2.37. The fourth-order valence-electron chi connectivity index (χ4n) is 2.10. The van der Waals surface area contributed by atoms with Crippen LogP contribution in [0.2, 0.25) is 0 Å². The predicted molar refractivity (Wildman–Crippen MR) is 84.2 cm³/mol. The topological polar surface area (TPSA) is 46.2 Å². The van der Waals surface area contributed by atoms with Crippen LogP contribution in [-0.4, -0.2) is 18.2 Å². The molecule has 2 aromatic carbocycles. The van der Waals surface area contributed by atoms with Crippen LogP contribution in [0.3, 0.4) is 0 Å². The second-order valence-electron chi connectivity index (χ2n) is 4.54. The van der Waals surface area contributed by atoms with Gasteiger partial charge in [0.15, 0.2) is 0 Å². The molecular formula is C17H16ClNO2. The van der Waals surface area contributed by atoms with E-state index in [0.717, 1.165) is 11.1 Å². The van der Waals surface area contributed by atoms with E-state index in [1.165, 1.54) is 0 Å². The Bertz CT molecular complexity index is 640. The zero-order chi connectivity index (χ0) is 15.2. The van der Waals surface area contributed by atoms with Gasteiger partial charge in [-0.3, -0.25) is 9.59 Å². The van der Waals surface area contributed by atoms with Crippen molar-refractivity contribution in [3.63, 3.8) is 0 Å². The third-order valence-electron chi connectivity index (χ3n) is 3.11. The molecule has 1 unspecified atom stereocenters. The highest BCUT2D eigenvalue weighted by Gasteiger charge is 2.26. The van der Waals surface area contributed by atoms with Crippen LogP contribution < -0.4 is 5.32 Å². The van der Waals surface area contributed by atoms with Crippen molar-refractivity contribution in [3.05, 3.63) is 60.2 Å². The van der Waals surface area contributed by atoms with E-state index in [2.05, 4.69) is 5.32 Å². The molecule has 0 saturated heterocycles. The van der Waals surface area contributed by atoms with E-state index in [9.17, 15) is 9.59 Å². The van der Waals surface area contributed by atoms with Crippen molar-refractivity contribution in [2.45, 2.75) is 12.3 Å². The van der Waals surface area contributed by atoms with E-state index in [0.29, 0.717) is 12.1 Å². The van der Waals surface area contributed by atoms with E-state index >= 15 is 0 Å². The maximum atomic E-state index is 12.1. The lowest BCUT2D eigenvalue weighted by Crippen LogP contribution is -2.33. The Kier molecular flexibility index (Phi) is 5.12. The first-order valence-corrected chi connectivity index (χ1v) is 7.19. The van der Waals surface area contributed by atoms with Gasteiger partial charge in [-0.2, -0.15) is 0 Å². The van der Waals surface area contributed by atoms with E-state index in [4.69, 9.17) is 11.6 Å². The summed E-state index contributed by atoms with van der Waals surface area (Å²) < 4.78 is 0. The molecule has 0 aliphatic heterocycles. The third kappa shape index (κ3) is 3.50. The van der Waals surface area contributed by atoms with Gasteiger partial charge in [-0.15, -0.1) is 11.6 Å². The average molecular weight is 302 g/mol. The normalized spacial score (nSPS) is 11.7. The number of carbonyl (C=O) groups is 2. The first-order valence-electron chi connectivity index (χ1n) is 6.75. The molecule has 3 nitrogen and oxygen atoms in total. The number of likely N-dealkylation sites (N-methyl/N-ethyl adjacent to an activating group) is 1. The van der Waals surface area contributed by atoms with Crippen LogP contribution in [0, 0.1) is 0 Å². The van der Waals surface area contributed by atoms with Crippen LogP contribution >= 0.6 is 11.6 Å². The molecule has 0 aromatic heterocycles. The smallest absolute Gasteiger partial charge is 0.289 e. The van der Waals surface area contributed by atoms with Gasteiger partial charge in [-0.1, -0.05) is 54.6 Å². The number of hydrogen-bond donors (Lipinski definition) is 1. The molecule has 0 aliphatic carbocycles. The van der Waals surface area contributed by atoms with Crippen molar-refractivity contribution in [1.82, 2.24) is 5.32 Å². The maximum Gasteiger partial charge on any atom is 0.289 e. The molecule has 0 spiro atoms. The van der Waals surface area contributed by atoms with Gasteiger partial charge in [0.25, 0.3) is 5.91 Å². The summed E-state index contributed by atoms with van der Waals surface area (Å²) in [5.74, 6) is -1.29. The zero-order valence-electron chi connectivity index (χ0n) is 11.7. The van der Waals surface area contributed by atoms with E-state index < -0.39 is 17.1 Å². The van der Waals surface area contributed by atoms with E-state index in [1.807, 2.05) is 48.5 Å². The van der Waals surface area contributed by atoms with Gasteiger partial charge in [0.05, 0.1) is 0 Å². The number of Topliss-reactive ketones (excluding diaryl/α,β-unsaturated/α-hetero) is 1. The number of benzene rings is 2. The Labute approximate surface area is 128 Å². The van der Waals surface area contributed by atoms with Gasteiger partial charge >= 0.3 is 0 Å². The van der Waals surface area contributed by atoms with Crippen molar-refractivity contribution in [3.8, 4) is 11.1 Å². The monoisotopic (exact) mass is 301 g/mol. The molecule has 0 fully saturated rings. The first kappa shape index (κ1) is 15.3. The number of nitrogens with one attached hydrogen (secondary N) is 1. The minimum atomic E-state index is -0.993. The number of amides is 1. The van der Waals surface area contributed by atoms with Crippen LogP contribution in [0.15, 0.2) is 54.6 Å². The van der Waals surface area contributed by atoms with Crippen LogP contribution in [0.4, 0.5) is 0 Å². The van der Waals surface area contributed by atoms with Crippen molar-refractivity contribution >= 4 is 23.3 Å². The lowest BCUT2D eigenvalue weighted by atomic mass is 9.96. The molecule has 0 saturated carbocycles. The fourth-order valence-corrected chi connectivity index (χ4v) is 2.39. The van der Waals surface area contributed by atoms with Crippen LogP contribution in [0.5, 0.6) is 0 Å². The first-order chi connectivity index (χ1) is 10.1. The highest BCUT2D eigenvalue weighted by Crippen LogP contribution is 2.32. The number of rotatable bonds is 5. The lowest BCUT2D eigenvalue weighted by Gasteiger charge is -2.14. The molecule has 0 aliphatic rings. The van der Waals surface area contributed by atoms with Gasteiger partial charge in [0.1, 0.15) is 5.38 Å². The highest BCUT2D eigenvalue weighted by molar-refractivity contribution is 6.49. The summed E-state index contributed by atoms with van der Waals surface area (Å²) in [4.78, 5) is 23.7. The highest BCUT2D eigenvalue weighted by atomic mass is 35.5. The zero-order valence-corrected chi connectivity index (χ0v) is 12.4. The molecule has 0 radical (unpaired) electrons. The predicted octanol–water partition coefficient (Wildman–Crippen LogP) is 3.34. The molecular weight excluding hydrogens is 286 g/mol. The molecule has 1 atom stereocenters. The molecule has 4 heteroatoms. The van der Waals surface area contributed by atoms with Crippen molar-refractivity contribution in [1.29, 1.82) is 0 Å². The SMILES string of the molecule is CCNC(=O)C(=O)C(Cl)c1ccccc1-c1ccccc1. The molecule has 108 valence electrons. The molecule has 0 heterocycles. The van der Waals surface area contributed by atoms with Crippen molar-refractivity contribution < 1.29 is 9.59 Å². The Hall–Kier alpha value is -2.13. The van der Waals surface area contributed by atoms with Gasteiger partial charge in [0.2, 0.25) is 5.78 Å². The summed E-state index contributed by atoms with van der Waals surface area (Å²) in [6.07, 6.45) is 0. The average Bonchev–Trinajstić information content (AvgIpc) is 2.54. The van der Waals surface area contributed by atoms with Crippen molar-refractivity contribution in [2.24, 2.45) is 0 Å². The molecule has 2 rings (SSSR count).